The Bertz CT molecular complexity index is 577. The Kier molecular flexibility index (Phi) is 4.33. The van der Waals surface area contributed by atoms with Crippen molar-refractivity contribution in [1.29, 1.82) is 0 Å². The highest BCUT2D eigenvalue weighted by molar-refractivity contribution is 7.09. The summed E-state index contributed by atoms with van der Waals surface area (Å²) in [5, 5.41) is 10.4. The molecule has 20 heavy (non-hydrogen) atoms. The number of anilines is 1. The minimum atomic E-state index is 0.855. The summed E-state index contributed by atoms with van der Waals surface area (Å²) in [4.78, 5) is 4.59. The SMILES string of the molecule is CCc1nc(CNCc2cccc3c2CCCN3)cs1. The summed E-state index contributed by atoms with van der Waals surface area (Å²) in [6.45, 7) is 5.03. The number of benzene rings is 1. The topological polar surface area (TPSA) is 37.0 Å². The van der Waals surface area contributed by atoms with E-state index in [0.717, 1.165) is 31.7 Å². The third-order valence-electron chi connectivity index (χ3n) is 3.72. The van der Waals surface area contributed by atoms with Gasteiger partial charge in [0.25, 0.3) is 0 Å². The largest absolute Gasteiger partial charge is 0.385 e. The van der Waals surface area contributed by atoms with Crippen molar-refractivity contribution in [2.75, 3.05) is 11.9 Å². The van der Waals surface area contributed by atoms with Gasteiger partial charge in [0.15, 0.2) is 0 Å². The van der Waals surface area contributed by atoms with Gasteiger partial charge in [-0.2, -0.15) is 0 Å². The number of aryl methyl sites for hydroxylation is 1. The molecule has 3 rings (SSSR count). The van der Waals surface area contributed by atoms with Gasteiger partial charge in [0, 0.05) is 30.7 Å². The van der Waals surface area contributed by atoms with Crippen molar-refractivity contribution < 1.29 is 0 Å². The predicted octanol–water partition coefficient (Wildman–Crippen LogP) is 3.35. The normalized spacial score (nSPS) is 13.8. The lowest BCUT2D eigenvalue weighted by Gasteiger charge is -2.21. The summed E-state index contributed by atoms with van der Waals surface area (Å²) >= 11 is 1.76. The molecule has 1 aromatic heterocycles. The van der Waals surface area contributed by atoms with Crippen LogP contribution in [0.3, 0.4) is 0 Å². The fourth-order valence-corrected chi connectivity index (χ4v) is 3.41. The van der Waals surface area contributed by atoms with Crippen molar-refractivity contribution in [3.8, 4) is 0 Å². The minimum absolute atomic E-state index is 0.855. The number of hydrogen-bond donors (Lipinski definition) is 2. The van der Waals surface area contributed by atoms with Crippen LogP contribution in [0, 0.1) is 0 Å². The van der Waals surface area contributed by atoms with Crippen LogP contribution in [-0.4, -0.2) is 11.5 Å². The van der Waals surface area contributed by atoms with Gasteiger partial charge in [0.2, 0.25) is 0 Å². The molecule has 0 atom stereocenters. The Labute approximate surface area is 124 Å². The van der Waals surface area contributed by atoms with Crippen molar-refractivity contribution in [2.24, 2.45) is 0 Å². The monoisotopic (exact) mass is 287 g/mol. The molecule has 1 aliphatic heterocycles. The zero-order chi connectivity index (χ0) is 13.8. The smallest absolute Gasteiger partial charge is 0.0926 e. The van der Waals surface area contributed by atoms with E-state index in [2.05, 4.69) is 46.1 Å². The minimum Gasteiger partial charge on any atom is -0.385 e. The first-order chi connectivity index (χ1) is 9.86. The van der Waals surface area contributed by atoms with Crippen LogP contribution in [0.5, 0.6) is 0 Å². The van der Waals surface area contributed by atoms with E-state index in [1.165, 1.54) is 34.7 Å². The van der Waals surface area contributed by atoms with Crippen molar-refractivity contribution >= 4 is 17.0 Å². The lowest BCUT2D eigenvalue weighted by Crippen LogP contribution is -2.18. The maximum absolute atomic E-state index is 4.59. The third-order valence-corrected chi connectivity index (χ3v) is 4.76. The second-order valence-corrected chi connectivity index (χ2v) is 6.11. The first kappa shape index (κ1) is 13.6. The molecular weight excluding hydrogens is 266 g/mol. The number of nitrogens with zero attached hydrogens (tertiary/aromatic N) is 1. The molecule has 0 amide bonds. The molecule has 106 valence electrons. The summed E-state index contributed by atoms with van der Waals surface area (Å²) in [5.41, 5.74) is 5.38. The second-order valence-electron chi connectivity index (χ2n) is 5.16. The standard InChI is InChI=1S/C16H21N3S/c1-2-16-19-13(11-20-16)10-17-9-12-5-3-7-15-14(12)6-4-8-18-15/h3,5,7,11,17-18H,2,4,6,8-10H2,1H3. The van der Waals surface area contributed by atoms with Crippen LogP contribution >= 0.6 is 11.3 Å². The van der Waals surface area contributed by atoms with Crippen molar-refractivity contribution in [3.63, 3.8) is 0 Å². The second kappa shape index (κ2) is 6.37. The van der Waals surface area contributed by atoms with Crippen molar-refractivity contribution in [2.45, 2.75) is 39.3 Å². The summed E-state index contributed by atoms with van der Waals surface area (Å²) in [6, 6.07) is 6.56. The Balaban J connectivity index is 1.61. The van der Waals surface area contributed by atoms with Gasteiger partial charge in [-0.1, -0.05) is 19.1 Å². The maximum atomic E-state index is 4.59. The van der Waals surface area contributed by atoms with Crippen molar-refractivity contribution in [3.05, 3.63) is 45.4 Å². The summed E-state index contributed by atoms with van der Waals surface area (Å²) in [5.74, 6) is 0. The summed E-state index contributed by atoms with van der Waals surface area (Å²) < 4.78 is 0. The molecule has 0 bridgehead atoms. The molecule has 4 heteroatoms. The van der Waals surface area contributed by atoms with Crippen LogP contribution in [0.25, 0.3) is 0 Å². The highest BCUT2D eigenvalue weighted by Crippen LogP contribution is 2.25. The highest BCUT2D eigenvalue weighted by Gasteiger charge is 2.11. The zero-order valence-corrected chi connectivity index (χ0v) is 12.7. The first-order valence-corrected chi connectivity index (χ1v) is 8.23. The van der Waals surface area contributed by atoms with E-state index in [1.807, 2.05) is 0 Å². The number of fused-ring (bicyclic) bond motifs is 1. The molecule has 1 aromatic carbocycles. The fraction of sp³-hybridized carbons (Fsp3) is 0.438. The Morgan fingerprint density at radius 3 is 3.15 bits per heavy atom. The third kappa shape index (κ3) is 3.02. The summed E-state index contributed by atoms with van der Waals surface area (Å²) in [7, 11) is 0. The van der Waals surface area contributed by atoms with Crippen LogP contribution in [0.1, 0.15) is 35.2 Å². The van der Waals surface area contributed by atoms with Crippen LogP contribution in [0.4, 0.5) is 5.69 Å². The van der Waals surface area contributed by atoms with Gasteiger partial charge in [0.05, 0.1) is 10.7 Å². The molecule has 0 saturated heterocycles. The zero-order valence-electron chi connectivity index (χ0n) is 11.9. The molecule has 2 N–H and O–H groups in total. The quantitative estimate of drug-likeness (QED) is 0.885. The molecule has 0 aliphatic carbocycles. The molecule has 0 fully saturated rings. The highest BCUT2D eigenvalue weighted by atomic mass is 32.1. The van der Waals surface area contributed by atoms with E-state index >= 15 is 0 Å². The van der Waals surface area contributed by atoms with Crippen LogP contribution in [-0.2, 0) is 25.9 Å². The Morgan fingerprint density at radius 2 is 2.30 bits per heavy atom. The fourth-order valence-electron chi connectivity index (χ4n) is 2.67. The average molecular weight is 287 g/mol. The molecule has 0 spiro atoms. The lowest BCUT2D eigenvalue weighted by atomic mass is 9.97. The number of aromatic nitrogens is 1. The van der Waals surface area contributed by atoms with Crippen molar-refractivity contribution in [1.82, 2.24) is 10.3 Å². The Hall–Kier alpha value is -1.39. The number of thiazole rings is 1. The average Bonchev–Trinajstić information content (AvgIpc) is 2.95. The molecule has 0 unspecified atom stereocenters. The Morgan fingerprint density at radius 1 is 1.35 bits per heavy atom. The molecule has 2 heterocycles. The van der Waals surface area contributed by atoms with Crippen LogP contribution in [0.15, 0.2) is 23.6 Å². The number of hydrogen-bond acceptors (Lipinski definition) is 4. The van der Waals surface area contributed by atoms with Gasteiger partial charge in [0.1, 0.15) is 0 Å². The van der Waals surface area contributed by atoms with E-state index < -0.39 is 0 Å². The lowest BCUT2D eigenvalue weighted by molar-refractivity contribution is 0.671. The molecule has 1 aliphatic rings. The molecule has 0 radical (unpaired) electrons. The van der Waals surface area contributed by atoms with E-state index in [1.54, 1.807) is 11.3 Å². The van der Waals surface area contributed by atoms with E-state index in [9.17, 15) is 0 Å². The molecule has 0 saturated carbocycles. The van der Waals surface area contributed by atoms with Gasteiger partial charge < -0.3 is 10.6 Å². The maximum Gasteiger partial charge on any atom is 0.0926 e. The van der Waals surface area contributed by atoms with Gasteiger partial charge >= 0.3 is 0 Å². The van der Waals surface area contributed by atoms with Gasteiger partial charge in [-0.05, 0) is 36.5 Å². The van der Waals surface area contributed by atoms with Crippen LogP contribution in [0.2, 0.25) is 0 Å². The predicted molar refractivity (Wildman–Crippen MR) is 85.3 cm³/mol. The van der Waals surface area contributed by atoms with Gasteiger partial charge in [-0.15, -0.1) is 11.3 Å². The molecule has 3 nitrogen and oxygen atoms in total. The molecule has 2 aromatic rings. The van der Waals surface area contributed by atoms with E-state index in [-0.39, 0.29) is 0 Å². The first-order valence-electron chi connectivity index (χ1n) is 7.35. The van der Waals surface area contributed by atoms with E-state index in [0.29, 0.717) is 0 Å². The van der Waals surface area contributed by atoms with Gasteiger partial charge in [-0.25, -0.2) is 4.98 Å². The van der Waals surface area contributed by atoms with Gasteiger partial charge in [-0.3, -0.25) is 0 Å². The van der Waals surface area contributed by atoms with E-state index in [4.69, 9.17) is 0 Å². The summed E-state index contributed by atoms with van der Waals surface area (Å²) in [6.07, 6.45) is 3.45. The number of nitrogens with one attached hydrogen (secondary N) is 2. The number of rotatable bonds is 5. The van der Waals surface area contributed by atoms with Crippen LogP contribution < -0.4 is 10.6 Å². The molecular formula is C16H21N3S.